The zero-order chi connectivity index (χ0) is 15.2. The molecule has 5 heteroatoms. The maximum absolute atomic E-state index is 13.7. The van der Waals surface area contributed by atoms with Crippen molar-refractivity contribution in [2.45, 2.75) is 26.0 Å². The van der Waals surface area contributed by atoms with Crippen LogP contribution in [-0.4, -0.2) is 60.8 Å². The van der Waals surface area contributed by atoms with E-state index in [1.54, 1.807) is 12.1 Å². The van der Waals surface area contributed by atoms with Gasteiger partial charge in [0.2, 0.25) is 0 Å². The molecule has 0 amide bonds. The molecule has 1 aliphatic heterocycles. The van der Waals surface area contributed by atoms with E-state index >= 15 is 0 Å². The average Bonchev–Trinajstić information content (AvgIpc) is 2.49. The molecule has 1 fully saturated rings. The second kappa shape index (κ2) is 7.73. The van der Waals surface area contributed by atoms with Gasteiger partial charge in [0, 0.05) is 39.3 Å². The molecule has 21 heavy (non-hydrogen) atoms. The fraction of sp³-hybridized carbons (Fsp3) is 0.625. The predicted molar refractivity (Wildman–Crippen MR) is 81.0 cm³/mol. The second-order valence-corrected chi connectivity index (χ2v) is 5.61. The minimum atomic E-state index is -0.306. The van der Waals surface area contributed by atoms with E-state index in [0.29, 0.717) is 0 Å². The van der Waals surface area contributed by atoms with Gasteiger partial charge >= 0.3 is 0 Å². The van der Waals surface area contributed by atoms with Crippen molar-refractivity contribution in [2.24, 2.45) is 0 Å². The van der Waals surface area contributed by atoms with Gasteiger partial charge < -0.3 is 9.84 Å². The number of hydrogen-bond acceptors (Lipinski definition) is 4. The lowest BCUT2D eigenvalue weighted by Gasteiger charge is -2.35. The van der Waals surface area contributed by atoms with Crippen LogP contribution < -0.4 is 4.74 Å². The molecule has 0 aliphatic carbocycles. The highest BCUT2D eigenvalue weighted by atomic mass is 19.1. The monoisotopic (exact) mass is 296 g/mol. The summed E-state index contributed by atoms with van der Waals surface area (Å²) < 4.78 is 18.6. The van der Waals surface area contributed by atoms with Crippen LogP contribution >= 0.6 is 0 Å². The van der Waals surface area contributed by atoms with Gasteiger partial charge in [-0.05, 0) is 24.1 Å². The average molecular weight is 296 g/mol. The highest BCUT2D eigenvalue weighted by Gasteiger charge is 2.19. The maximum atomic E-state index is 13.7. The van der Waals surface area contributed by atoms with E-state index in [4.69, 9.17) is 4.74 Å². The summed E-state index contributed by atoms with van der Waals surface area (Å²) in [6.07, 6.45) is 0.568. The van der Waals surface area contributed by atoms with Gasteiger partial charge in [0.05, 0.1) is 13.2 Å². The number of aliphatic hydroxyl groups excluding tert-OH is 1. The lowest BCUT2D eigenvalue weighted by Crippen LogP contribution is -2.48. The summed E-state index contributed by atoms with van der Waals surface area (Å²) in [6.45, 7) is 7.31. The smallest absolute Gasteiger partial charge is 0.165 e. The molecule has 1 aromatic rings. The molecule has 1 N–H and O–H groups in total. The van der Waals surface area contributed by atoms with Gasteiger partial charge in [-0.3, -0.25) is 9.80 Å². The van der Waals surface area contributed by atoms with Crippen LogP contribution in [0.5, 0.6) is 5.75 Å². The molecular weight excluding hydrogens is 271 g/mol. The van der Waals surface area contributed by atoms with Crippen molar-refractivity contribution in [1.82, 2.24) is 9.80 Å². The highest BCUT2D eigenvalue weighted by molar-refractivity contribution is 5.29. The molecule has 0 radical (unpaired) electrons. The summed E-state index contributed by atoms with van der Waals surface area (Å²) in [6, 6.07) is 5.14. The Bertz CT molecular complexity index is 448. The number of ether oxygens (including phenoxy) is 1. The standard InChI is InChI=1S/C16H25FN2O2/c1-3-14(20)12-19-8-6-18(7-9-19)11-13-4-5-16(21-2)15(17)10-13/h4-5,10,14,20H,3,6-9,11-12H2,1-2H3/t14-/m1/s1. The first-order chi connectivity index (χ1) is 10.1. The van der Waals surface area contributed by atoms with Gasteiger partial charge in [-0.15, -0.1) is 0 Å². The first kappa shape index (κ1) is 16.2. The molecule has 2 rings (SSSR count). The number of aliphatic hydroxyl groups is 1. The quantitative estimate of drug-likeness (QED) is 0.867. The molecule has 118 valence electrons. The number of hydrogen-bond donors (Lipinski definition) is 1. The third-order valence-electron chi connectivity index (χ3n) is 4.03. The Hall–Kier alpha value is -1.17. The van der Waals surface area contributed by atoms with Crippen LogP contribution in [0.25, 0.3) is 0 Å². The Morgan fingerprint density at radius 3 is 2.48 bits per heavy atom. The lowest BCUT2D eigenvalue weighted by molar-refractivity contribution is 0.0686. The molecule has 0 spiro atoms. The van der Waals surface area contributed by atoms with Crippen molar-refractivity contribution >= 4 is 0 Å². The zero-order valence-electron chi connectivity index (χ0n) is 12.9. The van der Waals surface area contributed by atoms with E-state index in [2.05, 4.69) is 9.80 Å². The summed E-state index contributed by atoms with van der Waals surface area (Å²) in [7, 11) is 1.47. The zero-order valence-corrected chi connectivity index (χ0v) is 12.9. The maximum Gasteiger partial charge on any atom is 0.165 e. The van der Waals surface area contributed by atoms with E-state index in [9.17, 15) is 9.50 Å². The summed E-state index contributed by atoms with van der Waals surface area (Å²) in [5, 5.41) is 9.68. The van der Waals surface area contributed by atoms with Gasteiger partial charge in [-0.25, -0.2) is 4.39 Å². The predicted octanol–water partition coefficient (Wildman–Crippen LogP) is 1.72. The van der Waals surface area contributed by atoms with E-state index in [0.717, 1.165) is 51.3 Å². The third kappa shape index (κ3) is 4.66. The summed E-state index contributed by atoms with van der Waals surface area (Å²) in [5.41, 5.74) is 0.968. The minimum Gasteiger partial charge on any atom is -0.494 e. The van der Waals surface area contributed by atoms with Crippen molar-refractivity contribution in [3.63, 3.8) is 0 Å². The van der Waals surface area contributed by atoms with Gasteiger partial charge in [0.1, 0.15) is 0 Å². The Morgan fingerprint density at radius 1 is 1.24 bits per heavy atom. The fourth-order valence-corrected chi connectivity index (χ4v) is 2.62. The van der Waals surface area contributed by atoms with E-state index < -0.39 is 0 Å². The van der Waals surface area contributed by atoms with Crippen molar-refractivity contribution < 1.29 is 14.2 Å². The minimum absolute atomic E-state index is 0.229. The molecule has 0 saturated carbocycles. The summed E-state index contributed by atoms with van der Waals surface area (Å²) >= 11 is 0. The van der Waals surface area contributed by atoms with Crippen LogP contribution in [0.3, 0.4) is 0 Å². The molecule has 0 aromatic heterocycles. The molecule has 0 unspecified atom stereocenters. The van der Waals surface area contributed by atoms with E-state index in [1.165, 1.54) is 7.11 Å². The number of halogens is 1. The SMILES string of the molecule is CC[C@@H](O)CN1CCN(Cc2ccc(OC)c(F)c2)CC1. The van der Waals surface area contributed by atoms with Crippen LogP contribution in [0.4, 0.5) is 4.39 Å². The molecule has 1 saturated heterocycles. The second-order valence-electron chi connectivity index (χ2n) is 5.61. The number of piperazine rings is 1. The normalized spacial score (nSPS) is 18.7. The van der Waals surface area contributed by atoms with Crippen LogP contribution in [-0.2, 0) is 6.54 Å². The lowest BCUT2D eigenvalue weighted by atomic mass is 10.1. The van der Waals surface area contributed by atoms with Crippen LogP contribution in [0, 0.1) is 5.82 Å². The van der Waals surface area contributed by atoms with Crippen molar-refractivity contribution in [3.05, 3.63) is 29.6 Å². The van der Waals surface area contributed by atoms with E-state index in [-0.39, 0.29) is 17.7 Å². The molecule has 0 bridgehead atoms. The number of β-amino-alcohol motifs (C(OH)–C–C–N with tert-alkyl or cyclic N) is 1. The Balaban J connectivity index is 1.82. The first-order valence-corrected chi connectivity index (χ1v) is 7.57. The molecule has 1 aliphatic rings. The van der Waals surface area contributed by atoms with Crippen LogP contribution in [0.2, 0.25) is 0 Å². The van der Waals surface area contributed by atoms with E-state index in [1.807, 2.05) is 13.0 Å². The van der Waals surface area contributed by atoms with Crippen LogP contribution in [0.15, 0.2) is 18.2 Å². The Morgan fingerprint density at radius 2 is 1.90 bits per heavy atom. The molecule has 1 atom stereocenters. The van der Waals surface area contributed by atoms with Gasteiger partial charge in [0.15, 0.2) is 11.6 Å². The third-order valence-corrected chi connectivity index (χ3v) is 4.03. The molecule has 1 aromatic carbocycles. The molecule has 1 heterocycles. The van der Waals surface area contributed by atoms with Gasteiger partial charge in [-0.1, -0.05) is 13.0 Å². The number of rotatable bonds is 6. The summed E-state index contributed by atoms with van der Waals surface area (Å²) in [5.74, 6) is -0.0168. The Kier molecular flexibility index (Phi) is 5.96. The number of methoxy groups -OCH3 is 1. The fourth-order valence-electron chi connectivity index (χ4n) is 2.62. The Labute approximate surface area is 126 Å². The molecular formula is C16H25FN2O2. The number of benzene rings is 1. The topological polar surface area (TPSA) is 35.9 Å². The summed E-state index contributed by atoms with van der Waals surface area (Å²) in [4.78, 5) is 4.61. The van der Waals surface area contributed by atoms with Gasteiger partial charge in [-0.2, -0.15) is 0 Å². The van der Waals surface area contributed by atoms with Gasteiger partial charge in [0.25, 0.3) is 0 Å². The van der Waals surface area contributed by atoms with Crippen LogP contribution in [0.1, 0.15) is 18.9 Å². The van der Waals surface area contributed by atoms with Crippen molar-refractivity contribution in [3.8, 4) is 5.75 Å². The van der Waals surface area contributed by atoms with Crippen molar-refractivity contribution in [1.29, 1.82) is 0 Å². The van der Waals surface area contributed by atoms with Crippen molar-refractivity contribution in [2.75, 3.05) is 39.8 Å². The first-order valence-electron chi connectivity index (χ1n) is 7.57. The molecule has 4 nitrogen and oxygen atoms in total. The number of nitrogens with zero attached hydrogens (tertiary/aromatic N) is 2. The highest BCUT2D eigenvalue weighted by Crippen LogP contribution is 2.19. The largest absolute Gasteiger partial charge is 0.494 e.